The fourth-order valence-electron chi connectivity index (χ4n) is 3.33. The van der Waals surface area contributed by atoms with Gasteiger partial charge in [-0.2, -0.15) is 0 Å². The van der Waals surface area contributed by atoms with Gasteiger partial charge < -0.3 is 19.7 Å². The van der Waals surface area contributed by atoms with Gasteiger partial charge in [-0.15, -0.1) is 0 Å². The molecule has 6 nitrogen and oxygen atoms in total. The van der Waals surface area contributed by atoms with Gasteiger partial charge in [-0.05, 0) is 56.5 Å². The van der Waals surface area contributed by atoms with Crippen molar-refractivity contribution in [1.29, 1.82) is 0 Å². The largest absolute Gasteiger partial charge is 0.490 e. The summed E-state index contributed by atoms with van der Waals surface area (Å²) in [4.78, 5) is 26.8. The fraction of sp³-hybridized carbons (Fsp3) is 0.417. The highest BCUT2D eigenvalue weighted by molar-refractivity contribution is 6.00. The summed E-state index contributed by atoms with van der Waals surface area (Å²) in [5.41, 5.74) is 1.92. The smallest absolute Gasteiger partial charge is 0.262 e. The van der Waals surface area contributed by atoms with E-state index in [9.17, 15) is 9.59 Å². The predicted molar refractivity (Wildman–Crippen MR) is 118 cm³/mol. The zero-order valence-corrected chi connectivity index (χ0v) is 18.3. The quantitative estimate of drug-likeness (QED) is 0.756. The van der Waals surface area contributed by atoms with E-state index in [2.05, 4.69) is 19.2 Å². The van der Waals surface area contributed by atoms with Crippen LogP contribution < -0.4 is 19.7 Å². The third-order valence-electron chi connectivity index (χ3n) is 5.18. The van der Waals surface area contributed by atoms with Crippen LogP contribution in [0.15, 0.2) is 42.5 Å². The van der Waals surface area contributed by atoms with Crippen molar-refractivity contribution in [2.75, 3.05) is 30.0 Å². The lowest BCUT2D eigenvalue weighted by atomic mass is 9.93. The minimum absolute atomic E-state index is 0.0254. The molecule has 0 radical (unpaired) electrons. The first-order valence-electron chi connectivity index (χ1n) is 10.3. The first-order valence-corrected chi connectivity index (χ1v) is 10.3. The molecule has 0 fully saturated rings. The number of benzene rings is 2. The maximum atomic E-state index is 12.8. The first-order chi connectivity index (χ1) is 14.2. The number of nitrogens with zero attached hydrogens (tertiary/aromatic N) is 1. The molecule has 0 saturated heterocycles. The van der Waals surface area contributed by atoms with Crippen LogP contribution in [-0.2, 0) is 9.59 Å². The number of hydrogen-bond acceptors (Lipinski definition) is 4. The summed E-state index contributed by atoms with van der Waals surface area (Å²) in [6.45, 7) is 10.7. The van der Waals surface area contributed by atoms with E-state index in [1.807, 2.05) is 45.0 Å². The molecule has 0 unspecified atom stereocenters. The number of anilines is 2. The number of fused-ring (bicyclic) bond motifs is 1. The number of nitrogens with one attached hydrogen (secondary N) is 1. The molecule has 2 aromatic carbocycles. The van der Waals surface area contributed by atoms with Crippen LogP contribution in [-0.4, -0.2) is 31.6 Å². The van der Waals surface area contributed by atoms with E-state index in [-0.39, 0.29) is 25.0 Å². The molecule has 1 N–H and O–H groups in total. The lowest BCUT2D eigenvalue weighted by Crippen LogP contribution is -2.42. The normalized spacial score (nSPS) is 15.3. The number of carbonyl (C=O) groups is 2. The molecule has 0 atom stereocenters. The zero-order valence-electron chi connectivity index (χ0n) is 18.3. The third-order valence-corrected chi connectivity index (χ3v) is 5.18. The number of rotatable bonds is 6. The summed E-state index contributed by atoms with van der Waals surface area (Å²) in [7, 11) is 0. The summed E-state index contributed by atoms with van der Waals surface area (Å²) < 4.78 is 11.5. The van der Waals surface area contributed by atoms with E-state index in [1.165, 1.54) is 5.56 Å². The Hall–Kier alpha value is -3.02. The van der Waals surface area contributed by atoms with Crippen molar-refractivity contribution in [3.8, 4) is 11.5 Å². The second kappa shape index (κ2) is 8.78. The van der Waals surface area contributed by atoms with E-state index in [0.29, 0.717) is 35.3 Å². The van der Waals surface area contributed by atoms with Crippen molar-refractivity contribution in [1.82, 2.24) is 0 Å². The average Bonchev–Trinajstić information content (AvgIpc) is 2.81. The van der Waals surface area contributed by atoms with Crippen LogP contribution in [0, 0.1) is 5.41 Å². The Kier molecular flexibility index (Phi) is 6.34. The van der Waals surface area contributed by atoms with Crippen LogP contribution in [0.1, 0.15) is 46.1 Å². The fourth-order valence-corrected chi connectivity index (χ4v) is 3.33. The molecule has 1 aliphatic rings. The standard InChI is InChI=1S/C24H30N2O4/c1-6-26-20-12-9-18(13-21(20)30-15-24(4,5)23(26)28)25-22(27)14-29-19-10-7-17(8-11-19)16(2)3/h7-13,16H,6,14-15H2,1-5H3,(H,25,27). The summed E-state index contributed by atoms with van der Waals surface area (Å²) in [6.07, 6.45) is 0. The van der Waals surface area contributed by atoms with Crippen LogP contribution in [0.3, 0.4) is 0 Å². The van der Waals surface area contributed by atoms with Gasteiger partial charge in [0.15, 0.2) is 6.61 Å². The molecular formula is C24H30N2O4. The second-order valence-electron chi connectivity index (χ2n) is 8.47. The Morgan fingerprint density at radius 3 is 2.53 bits per heavy atom. The van der Waals surface area contributed by atoms with Crippen LogP contribution in [0.25, 0.3) is 0 Å². The lowest BCUT2D eigenvalue weighted by molar-refractivity contribution is -0.127. The van der Waals surface area contributed by atoms with Crippen molar-refractivity contribution < 1.29 is 19.1 Å². The molecule has 0 saturated carbocycles. The van der Waals surface area contributed by atoms with Crippen molar-refractivity contribution in [3.05, 3.63) is 48.0 Å². The molecule has 6 heteroatoms. The van der Waals surface area contributed by atoms with Gasteiger partial charge in [-0.1, -0.05) is 26.0 Å². The Morgan fingerprint density at radius 1 is 1.20 bits per heavy atom. The van der Waals surface area contributed by atoms with Crippen molar-refractivity contribution in [2.24, 2.45) is 5.41 Å². The monoisotopic (exact) mass is 410 g/mol. The molecule has 2 aromatic rings. The summed E-state index contributed by atoms with van der Waals surface area (Å²) in [5, 5.41) is 2.83. The minimum Gasteiger partial charge on any atom is -0.490 e. The Labute approximate surface area is 178 Å². The van der Waals surface area contributed by atoms with Crippen LogP contribution in [0.4, 0.5) is 11.4 Å². The molecular weight excluding hydrogens is 380 g/mol. The van der Waals surface area contributed by atoms with Gasteiger partial charge in [0.1, 0.15) is 18.1 Å². The number of hydrogen-bond donors (Lipinski definition) is 1. The molecule has 0 aromatic heterocycles. The van der Waals surface area contributed by atoms with E-state index in [0.717, 1.165) is 0 Å². The molecule has 0 aliphatic carbocycles. The minimum atomic E-state index is -0.614. The van der Waals surface area contributed by atoms with Gasteiger partial charge in [0.05, 0.1) is 11.1 Å². The highest BCUT2D eigenvalue weighted by Gasteiger charge is 2.37. The molecule has 0 spiro atoms. The predicted octanol–water partition coefficient (Wildman–Crippen LogP) is 4.60. The Balaban J connectivity index is 1.66. The van der Waals surface area contributed by atoms with Crippen LogP contribution >= 0.6 is 0 Å². The topological polar surface area (TPSA) is 67.9 Å². The molecule has 1 aliphatic heterocycles. The van der Waals surface area contributed by atoms with Gasteiger partial charge in [0.2, 0.25) is 5.91 Å². The average molecular weight is 411 g/mol. The third kappa shape index (κ3) is 4.75. The van der Waals surface area contributed by atoms with E-state index < -0.39 is 5.41 Å². The van der Waals surface area contributed by atoms with Gasteiger partial charge >= 0.3 is 0 Å². The van der Waals surface area contributed by atoms with Gasteiger partial charge in [0.25, 0.3) is 5.91 Å². The molecule has 0 bridgehead atoms. The number of carbonyl (C=O) groups excluding carboxylic acids is 2. The van der Waals surface area contributed by atoms with Crippen molar-refractivity contribution >= 4 is 23.2 Å². The maximum Gasteiger partial charge on any atom is 0.262 e. The maximum absolute atomic E-state index is 12.8. The number of ether oxygens (including phenoxy) is 2. The molecule has 160 valence electrons. The first kappa shape index (κ1) is 21.7. The summed E-state index contributed by atoms with van der Waals surface area (Å²) in [6, 6.07) is 13.1. The van der Waals surface area contributed by atoms with Crippen LogP contribution in [0.2, 0.25) is 0 Å². The molecule has 2 amide bonds. The zero-order chi connectivity index (χ0) is 21.9. The van der Waals surface area contributed by atoms with Gasteiger partial charge in [-0.25, -0.2) is 0 Å². The van der Waals surface area contributed by atoms with Gasteiger partial charge in [-0.3, -0.25) is 9.59 Å². The molecule has 3 rings (SSSR count). The SMILES string of the molecule is CCN1C(=O)C(C)(C)COc2cc(NC(=O)COc3ccc(C(C)C)cc3)ccc21. The Morgan fingerprint density at radius 2 is 1.90 bits per heavy atom. The van der Waals surface area contributed by atoms with Crippen LogP contribution in [0.5, 0.6) is 11.5 Å². The number of amides is 2. The van der Waals surface area contributed by atoms with E-state index in [1.54, 1.807) is 23.1 Å². The van der Waals surface area contributed by atoms with Gasteiger partial charge in [0, 0.05) is 18.3 Å². The van der Waals surface area contributed by atoms with Crippen molar-refractivity contribution in [2.45, 2.75) is 40.5 Å². The summed E-state index contributed by atoms with van der Waals surface area (Å²) >= 11 is 0. The Bertz CT molecular complexity index is 919. The molecule has 1 heterocycles. The van der Waals surface area contributed by atoms with E-state index >= 15 is 0 Å². The van der Waals surface area contributed by atoms with E-state index in [4.69, 9.17) is 9.47 Å². The highest BCUT2D eigenvalue weighted by atomic mass is 16.5. The van der Waals surface area contributed by atoms with Crippen molar-refractivity contribution in [3.63, 3.8) is 0 Å². The lowest BCUT2D eigenvalue weighted by Gasteiger charge is -2.26. The highest BCUT2D eigenvalue weighted by Crippen LogP contribution is 2.38. The summed E-state index contributed by atoms with van der Waals surface area (Å²) in [5.74, 6) is 1.44. The second-order valence-corrected chi connectivity index (χ2v) is 8.47. The molecule has 30 heavy (non-hydrogen) atoms.